The zero-order valence-corrected chi connectivity index (χ0v) is 15.0. The quantitative estimate of drug-likeness (QED) is 0.889. The van der Waals surface area contributed by atoms with Gasteiger partial charge in [-0.05, 0) is 44.0 Å². The molecule has 7 nitrogen and oxygen atoms in total. The third kappa shape index (κ3) is 2.44. The van der Waals surface area contributed by atoms with Gasteiger partial charge < -0.3 is 9.73 Å². The molecule has 1 aliphatic carbocycles. The van der Waals surface area contributed by atoms with Gasteiger partial charge in [0, 0.05) is 24.1 Å². The summed E-state index contributed by atoms with van der Waals surface area (Å²) in [6.45, 7) is 1.66. The summed E-state index contributed by atoms with van der Waals surface area (Å²) in [5, 5.41) is 2.94. The summed E-state index contributed by atoms with van der Waals surface area (Å²) in [5.74, 6) is -0.0449. The number of carbonyl (C=O) groups excluding carboxylic acids is 2. The smallest absolute Gasteiger partial charge is 0.268 e. The maximum atomic E-state index is 12.7. The first kappa shape index (κ1) is 16.8. The molecule has 8 heteroatoms. The molecule has 4 rings (SSSR count). The molecule has 0 radical (unpaired) electrons. The number of aryl methyl sites for hydroxylation is 1. The topological polar surface area (TPSA) is 96.7 Å². The Balaban J connectivity index is 1.63. The standard InChI is InChI=1S/C18H18N2O5S/c1-2-20-18(22)13-7-6-11(10-16(13)26(20,23)24)17(21)19-14-4-3-5-15-12(14)8-9-25-15/h6-10,14H,2-5H2,1H3,(H,19,21). The Kier molecular flexibility index (Phi) is 3.87. The molecule has 2 heterocycles. The molecule has 0 fully saturated rings. The fraction of sp³-hybridized carbons (Fsp3) is 0.333. The lowest BCUT2D eigenvalue weighted by molar-refractivity contribution is 0.0873. The molecule has 1 aromatic heterocycles. The van der Waals surface area contributed by atoms with Crippen LogP contribution in [0.4, 0.5) is 0 Å². The highest BCUT2D eigenvalue weighted by Gasteiger charge is 2.40. The van der Waals surface area contributed by atoms with Crippen LogP contribution in [0, 0.1) is 0 Å². The number of benzene rings is 1. The van der Waals surface area contributed by atoms with E-state index in [1.807, 2.05) is 6.07 Å². The van der Waals surface area contributed by atoms with Crippen LogP contribution in [0.1, 0.15) is 57.8 Å². The summed E-state index contributed by atoms with van der Waals surface area (Å²) in [5.41, 5.74) is 1.29. The van der Waals surface area contributed by atoms with Crippen molar-refractivity contribution in [3.05, 3.63) is 53.0 Å². The molecule has 2 amide bonds. The highest BCUT2D eigenvalue weighted by molar-refractivity contribution is 7.90. The number of sulfonamides is 1. The fourth-order valence-electron chi connectivity index (χ4n) is 3.61. The van der Waals surface area contributed by atoms with Crippen LogP contribution in [0.3, 0.4) is 0 Å². The second-order valence-electron chi connectivity index (χ2n) is 6.40. The molecular weight excluding hydrogens is 356 g/mol. The predicted octanol–water partition coefficient (Wildman–Crippen LogP) is 2.25. The van der Waals surface area contributed by atoms with Crippen LogP contribution in [0.25, 0.3) is 0 Å². The van der Waals surface area contributed by atoms with Crippen molar-refractivity contribution < 1.29 is 22.4 Å². The van der Waals surface area contributed by atoms with Crippen molar-refractivity contribution in [1.29, 1.82) is 0 Å². The van der Waals surface area contributed by atoms with Gasteiger partial charge in [-0.3, -0.25) is 9.59 Å². The number of carbonyl (C=O) groups is 2. The Hall–Kier alpha value is -2.61. The van der Waals surface area contributed by atoms with Gasteiger partial charge in [-0.2, -0.15) is 0 Å². The van der Waals surface area contributed by atoms with Crippen LogP contribution in [0.15, 0.2) is 39.8 Å². The molecule has 1 unspecified atom stereocenters. The largest absolute Gasteiger partial charge is 0.469 e. The lowest BCUT2D eigenvalue weighted by atomic mass is 9.93. The molecular formula is C18H18N2O5S. The number of rotatable bonds is 3. The van der Waals surface area contributed by atoms with E-state index in [4.69, 9.17) is 4.42 Å². The van der Waals surface area contributed by atoms with Gasteiger partial charge in [0.15, 0.2) is 0 Å². The third-order valence-electron chi connectivity index (χ3n) is 4.91. The molecule has 1 atom stereocenters. The van der Waals surface area contributed by atoms with Crippen LogP contribution in [-0.4, -0.2) is 31.1 Å². The van der Waals surface area contributed by atoms with E-state index in [1.165, 1.54) is 18.2 Å². The molecule has 2 aliphatic rings. The number of furan rings is 1. The van der Waals surface area contributed by atoms with Crippen LogP contribution in [0.2, 0.25) is 0 Å². The minimum Gasteiger partial charge on any atom is -0.469 e. The lowest BCUT2D eigenvalue weighted by Gasteiger charge is -2.22. The Bertz CT molecular complexity index is 1010. The highest BCUT2D eigenvalue weighted by atomic mass is 32.2. The molecule has 1 aromatic carbocycles. The van der Waals surface area contributed by atoms with Crippen molar-refractivity contribution in [2.24, 2.45) is 0 Å². The number of nitrogens with zero attached hydrogens (tertiary/aromatic N) is 1. The summed E-state index contributed by atoms with van der Waals surface area (Å²) in [6.07, 6.45) is 4.16. The van der Waals surface area contributed by atoms with E-state index in [1.54, 1.807) is 13.2 Å². The van der Waals surface area contributed by atoms with Crippen molar-refractivity contribution in [3.63, 3.8) is 0 Å². The van der Waals surface area contributed by atoms with E-state index < -0.39 is 15.9 Å². The summed E-state index contributed by atoms with van der Waals surface area (Å²) in [4.78, 5) is 24.7. The minimum absolute atomic E-state index is 0.0583. The molecule has 136 valence electrons. The van der Waals surface area contributed by atoms with Crippen molar-refractivity contribution >= 4 is 21.8 Å². The third-order valence-corrected chi connectivity index (χ3v) is 6.81. The van der Waals surface area contributed by atoms with Gasteiger partial charge in [0.25, 0.3) is 21.8 Å². The Morgan fingerprint density at radius 1 is 1.35 bits per heavy atom. The van der Waals surface area contributed by atoms with Crippen molar-refractivity contribution in [2.75, 3.05) is 6.54 Å². The molecule has 1 aliphatic heterocycles. The van der Waals surface area contributed by atoms with Crippen LogP contribution < -0.4 is 5.32 Å². The second kappa shape index (κ2) is 5.98. The number of hydrogen-bond acceptors (Lipinski definition) is 5. The maximum Gasteiger partial charge on any atom is 0.268 e. The first-order chi connectivity index (χ1) is 12.4. The van der Waals surface area contributed by atoms with Gasteiger partial charge >= 0.3 is 0 Å². The first-order valence-corrected chi connectivity index (χ1v) is 9.95. The van der Waals surface area contributed by atoms with Crippen LogP contribution >= 0.6 is 0 Å². The average molecular weight is 374 g/mol. The van der Waals surface area contributed by atoms with Gasteiger partial charge in [0.05, 0.1) is 17.9 Å². The molecule has 2 aromatic rings. The summed E-state index contributed by atoms with van der Waals surface area (Å²) < 4.78 is 31.2. The number of hydrogen-bond donors (Lipinski definition) is 1. The fourth-order valence-corrected chi connectivity index (χ4v) is 5.21. The highest BCUT2D eigenvalue weighted by Crippen LogP contribution is 2.32. The van der Waals surface area contributed by atoms with E-state index >= 15 is 0 Å². The average Bonchev–Trinajstić information content (AvgIpc) is 3.17. The molecule has 1 N–H and O–H groups in total. The summed E-state index contributed by atoms with van der Waals surface area (Å²) in [6, 6.07) is 5.87. The molecule has 26 heavy (non-hydrogen) atoms. The zero-order valence-electron chi connectivity index (χ0n) is 14.2. The predicted molar refractivity (Wildman–Crippen MR) is 92.2 cm³/mol. The second-order valence-corrected chi connectivity index (χ2v) is 8.23. The van der Waals surface area contributed by atoms with E-state index in [-0.39, 0.29) is 34.5 Å². The Labute approximate surface area is 151 Å². The molecule has 0 bridgehead atoms. The zero-order chi connectivity index (χ0) is 18.5. The van der Waals surface area contributed by atoms with Gasteiger partial charge in [-0.15, -0.1) is 0 Å². The number of nitrogens with one attached hydrogen (secondary N) is 1. The van der Waals surface area contributed by atoms with Crippen LogP contribution in [-0.2, 0) is 16.4 Å². The van der Waals surface area contributed by atoms with Crippen LogP contribution in [0.5, 0.6) is 0 Å². The Morgan fingerprint density at radius 3 is 2.92 bits per heavy atom. The van der Waals surface area contributed by atoms with E-state index in [0.717, 1.165) is 34.9 Å². The van der Waals surface area contributed by atoms with E-state index in [2.05, 4.69) is 5.32 Å². The van der Waals surface area contributed by atoms with Gasteiger partial charge in [0.2, 0.25) is 0 Å². The van der Waals surface area contributed by atoms with E-state index in [0.29, 0.717) is 0 Å². The minimum atomic E-state index is -3.89. The lowest BCUT2D eigenvalue weighted by Crippen LogP contribution is -2.30. The van der Waals surface area contributed by atoms with Crippen molar-refractivity contribution in [1.82, 2.24) is 9.62 Å². The molecule has 0 saturated heterocycles. The Morgan fingerprint density at radius 2 is 2.15 bits per heavy atom. The van der Waals surface area contributed by atoms with Crippen molar-refractivity contribution in [2.45, 2.75) is 37.1 Å². The summed E-state index contributed by atoms with van der Waals surface area (Å²) >= 11 is 0. The van der Waals surface area contributed by atoms with Gasteiger partial charge in [0.1, 0.15) is 10.7 Å². The number of fused-ring (bicyclic) bond motifs is 2. The molecule has 0 saturated carbocycles. The monoisotopic (exact) mass is 374 g/mol. The maximum absolute atomic E-state index is 12.7. The molecule has 0 spiro atoms. The van der Waals surface area contributed by atoms with Gasteiger partial charge in [-0.25, -0.2) is 12.7 Å². The normalized spacial score (nSPS) is 20.6. The first-order valence-electron chi connectivity index (χ1n) is 8.51. The SMILES string of the molecule is CCN1C(=O)c2ccc(C(=O)NC3CCCc4occc43)cc2S1(=O)=O. The number of amides is 2. The van der Waals surface area contributed by atoms with Gasteiger partial charge in [-0.1, -0.05) is 0 Å². The van der Waals surface area contributed by atoms with Crippen molar-refractivity contribution in [3.8, 4) is 0 Å². The van der Waals surface area contributed by atoms with E-state index in [9.17, 15) is 18.0 Å². The summed E-state index contributed by atoms with van der Waals surface area (Å²) in [7, 11) is -3.89.